The van der Waals surface area contributed by atoms with Gasteiger partial charge in [0.1, 0.15) is 0 Å². The lowest BCUT2D eigenvalue weighted by Gasteiger charge is -1.98. The monoisotopic (exact) mass is 327 g/mol. The maximum absolute atomic E-state index is 5.46. The summed E-state index contributed by atoms with van der Waals surface area (Å²) in [5.41, 5.74) is 5.46. The summed E-state index contributed by atoms with van der Waals surface area (Å²) >= 11 is 2.29. The van der Waals surface area contributed by atoms with Gasteiger partial charge in [-0.1, -0.05) is 29.5 Å². The van der Waals surface area contributed by atoms with Crippen LogP contribution in [-0.4, -0.2) is 10.5 Å². The van der Waals surface area contributed by atoms with Crippen LogP contribution in [-0.2, 0) is 0 Å². The molecule has 7 heavy (non-hydrogen) atoms. The van der Waals surface area contributed by atoms with Gasteiger partial charge in [0.2, 0.25) is 0 Å². The molecule has 1 atom stereocenters. The highest BCUT2D eigenvalue weighted by Gasteiger charge is 1.90. The van der Waals surface area contributed by atoms with Gasteiger partial charge in [0.25, 0.3) is 0 Å². The Bertz CT molecular complexity index is 28.9. The van der Waals surface area contributed by atoms with E-state index in [-0.39, 0.29) is 24.0 Å². The lowest BCUT2D eigenvalue weighted by molar-refractivity contribution is 0.734. The number of alkyl halides is 1. The van der Waals surface area contributed by atoms with Gasteiger partial charge >= 0.3 is 0 Å². The molecule has 0 aliphatic rings. The molecule has 46 valence electrons. The molecule has 1 nitrogen and oxygen atoms in total. The van der Waals surface area contributed by atoms with Crippen LogP contribution in [0.2, 0.25) is 0 Å². The summed E-state index contributed by atoms with van der Waals surface area (Å²) < 4.78 is 1.08. The first-order chi connectivity index (χ1) is 2.81. The predicted molar refractivity (Wildman–Crippen MR) is 52.6 cm³/mol. The van der Waals surface area contributed by atoms with Crippen molar-refractivity contribution < 1.29 is 0 Å². The van der Waals surface area contributed by atoms with Gasteiger partial charge < -0.3 is 5.73 Å². The molecule has 0 aromatic rings. The highest BCUT2D eigenvalue weighted by Crippen LogP contribution is 1.90. The minimum atomic E-state index is 0. The van der Waals surface area contributed by atoms with Crippen LogP contribution < -0.4 is 5.73 Å². The number of halogens is 2. The van der Waals surface area contributed by atoms with E-state index in [1.54, 1.807) is 0 Å². The summed E-state index contributed by atoms with van der Waals surface area (Å²) in [5.74, 6) is 0. The molecule has 0 saturated carbocycles. The van der Waals surface area contributed by atoms with Crippen molar-refractivity contribution in [1.82, 2.24) is 0 Å². The number of nitrogens with two attached hydrogens (primary N) is 1. The van der Waals surface area contributed by atoms with Gasteiger partial charge in [0, 0.05) is 10.5 Å². The van der Waals surface area contributed by atoms with Crippen LogP contribution in [0, 0.1) is 0 Å². The fraction of sp³-hybridized carbons (Fsp3) is 1.00. The van der Waals surface area contributed by atoms with Gasteiger partial charge in [-0.05, 0) is 6.42 Å². The van der Waals surface area contributed by atoms with Crippen molar-refractivity contribution in [3.63, 3.8) is 0 Å². The first-order valence-electron chi connectivity index (χ1n) is 2.12. The molecular formula is C4H11I2N. The second-order valence-electron chi connectivity index (χ2n) is 1.32. The van der Waals surface area contributed by atoms with Gasteiger partial charge in [-0.3, -0.25) is 0 Å². The molecule has 0 fully saturated rings. The fourth-order valence-electron chi connectivity index (χ4n) is 0.109. The summed E-state index contributed by atoms with van der Waals surface area (Å²) in [5, 5.41) is 0. The van der Waals surface area contributed by atoms with E-state index in [9.17, 15) is 0 Å². The first-order valence-corrected chi connectivity index (χ1v) is 3.65. The molecule has 0 bridgehead atoms. The van der Waals surface area contributed by atoms with E-state index in [4.69, 9.17) is 5.73 Å². The maximum atomic E-state index is 5.46. The number of rotatable bonds is 2. The number of hydrogen-bond donors (Lipinski definition) is 1. The Morgan fingerprint density at radius 2 is 2.14 bits per heavy atom. The van der Waals surface area contributed by atoms with Crippen LogP contribution in [0.3, 0.4) is 0 Å². The van der Waals surface area contributed by atoms with Crippen LogP contribution >= 0.6 is 46.6 Å². The molecule has 0 aromatic heterocycles. The Morgan fingerprint density at radius 1 is 1.71 bits per heavy atom. The van der Waals surface area contributed by atoms with Crippen molar-refractivity contribution in [2.75, 3.05) is 4.43 Å². The van der Waals surface area contributed by atoms with Crippen LogP contribution in [0.4, 0.5) is 0 Å². The quantitative estimate of drug-likeness (QED) is 0.607. The van der Waals surface area contributed by atoms with E-state index < -0.39 is 0 Å². The van der Waals surface area contributed by atoms with Crippen LogP contribution in [0.15, 0.2) is 0 Å². The van der Waals surface area contributed by atoms with Crippen molar-refractivity contribution in [3.8, 4) is 0 Å². The van der Waals surface area contributed by atoms with Crippen LogP contribution in [0.5, 0.6) is 0 Å². The van der Waals surface area contributed by atoms with Crippen molar-refractivity contribution in [3.05, 3.63) is 0 Å². The van der Waals surface area contributed by atoms with E-state index in [1.165, 1.54) is 0 Å². The lowest BCUT2D eigenvalue weighted by Crippen LogP contribution is -2.19. The largest absolute Gasteiger partial charge is 0.327 e. The molecule has 0 saturated heterocycles. The standard InChI is InChI=1S/C4H10IN.HI/c1-2-4(6)3-5;/h4H,2-3,6H2,1H3;1H. The van der Waals surface area contributed by atoms with Crippen molar-refractivity contribution in [2.24, 2.45) is 5.73 Å². The Hall–Kier alpha value is 1.42. The molecule has 0 rings (SSSR count). The van der Waals surface area contributed by atoms with E-state index in [1.807, 2.05) is 0 Å². The van der Waals surface area contributed by atoms with E-state index in [2.05, 4.69) is 29.5 Å². The van der Waals surface area contributed by atoms with Gasteiger partial charge in [-0.2, -0.15) is 0 Å². The predicted octanol–water partition coefficient (Wildman–Crippen LogP) is 1.78. The smallest absolute Gasteiger partial charge is 0.0147 e. The van der Waals surface area contributed by atoms with Crippen molar-refractivity contribution in [1.29, 1.82) is 0 Å². The average Bonchev–Trinajstić information content (AvgIpc) is 1.65. The van der Waals surface area contributed by atoms with Gasteiger partial charge in [-0.15, -0.1) is 24.0 Å². The van der Waals surface area contributed by atoms with E-state index in [0.717, 1.165) is 10.8 Å². The Labute approximate surface area is 75.6 Å². The summed E-state index contributed by atoms with van der Waals surface area (Å²) in [6.45, 7) is 2.10. The minimum absolute atomic E-state index is 0. The third kappa shape index (κ3) is 7.42. The Morgan fingerprint density at radius 3 is 2.14 bits per heavy atom. The number of hydrogen-bond acceptors (Lipinski definition) is 1. The van der Waals surface area contributed by atoms with Gasteiger partial charge in [0.05, 0.1) is 0 Å². The third-order valence-corrected chi connectivity index (χ3v) is 1.85. The highest BCUT2D eigenvalue weighted by molar-refractivity contribution is 14.1. The van der Waals surface area contributed by atoms with E-state index >= 15 is 0 Å². The molecule has 0 amide bonds. The zero-order valence-electron chi connectivity index (χ0n) is 4.36. The second kappa shape index (κ2) is 7.42. The second-order valence-corrected chi connectivity index (χ2v) is 2.20. The molecule has 1 unspecified atom stereocenters. The molecule has 0 aromatic carbocycles. The minimum Gasteiger partial charge on any atom is -0.327 e. The average molecular weight is 327 g/mol. The molecule has 0 radical (unpaired) electrons. The molecule has 0 aliphatic carbocycles. The Kier molecular flexibility index (Phi) is 11.9. The lowest BCUT2D eigenvalue weighted by atomic mass is 10.3. The summed E-state index contributed by atoms with van der Waals surface area (Å²) in [7, 11) is 0. The molecule has 2 N–H and O–H groups in total. The third-order valence-electron chi connectivity index (χ3n) is 0.723. The van der Waals surface area contributed by atoms with Crippen molar-refractivity contribution >= 4 is 46.6 Å². The molecular weight excluding hydrogens is 316 g/mol. The normalized spacial score (nSPS) is 12.4. The summed E-state index contributed by atoms with van der Waals surface area (Å²) in [6.07, 6.45) is 1.10. The van der Waals surface area contributed by atoms with E-state index in [0.29, 0.717) is 6.04 Å². The van der Waals surface area contributed by atoms with Gasteiger partial charge in [0.15, 0.2) is 0 Å². The SMILES string of the molecule is CCC(N)CI.I. The van der Waals surface area contributed by atoms with Crippen LogP contribution in [0.1, 0.15) is 13.3 Å². The topological polar surface area (TPSA) is 26.0 Å². The zero-order chi connectivity index (χ0) is 4.99. The van der Waals surface area contributed by atoms with Gasteiger partial charge in [-0.25, -0.2) is 0 Å². The zero-order valence-corrected chi connectivity index (χ0v) is 8.84. The molecule has 0 spiro atoms. The van der Waals surface area contributed by atoms with Crippen molar-refractivity contribution in [2.45, 2.75) is 19.4 Å². The van der Waals surface area contributed by atoms with Crippen LogP contribution in [0.25, 0.3) is 0 Å². The highest BCUT2D eigenvalue weighted by atomic mass is 127. The molecule has 3 heteroatoms. The first kappa shape index (κ1) is 11.2. The molecule has 0 aliphatic heterocycles. The Balaban J connectivity index is 0. The summed E-state index contributed by atoms with van der Waals surface area (Å²) in [4.78, 5) is 0. The maximum Gasteiger partial charge on any atom is 0.0147 e. The summed E-state index contributed by atoms with van der Waals surface area (Å²) in [6, 6.07) is 0.422. The fourth-order valence-corrected chi connectivity index (χ4v) is 0.732. The molecule has 0 heterocycles.